The maximum Gasteiger partial charge on any atom is 0.389 e. The lowest BCUT2D eigenvalue weighted by molar-refractivity contribution is -0.148. The van der Waals surface area contributed by atoms with Crippen LogP contribution in [-0.4, -0.2) is 89.7 Å². The molecule has 0 radical (unpaired) electrons. The van der Waals surface area contributed by atoms with E-state index in [0.29, 0.717) is 25.7 Å². The van der Waals surface area contributed by atoms with E-state index in [2.05, 4.69) is 16.0 Å². The summed E-state index contributed by atoms with van der Waals surface area (Å²) in [5.74, 6) is -4.33. The highest BCUT2D eigenvalue weighted by atomic mass is 32.2. The minimum Gasteiger partial charge on any atom is -0.363 e. The van der Waals surface area contributed by atoms with Gasteiger partial charge in [-0.3, -0.25) is 19.2 Å². The van der Waals surface area contributed by atoms with Crippen molar-refractivity contribution in [3.05, 3.63) is 0 Å². The number of primary amides is 1. The van der Waals surface area contributed by atoms with Crippen molar-refractivity contribution in [2.24, 2.45) is 27.9 Å². The Kier molecular flexibility index (Phi) is 8.77. The van der Waals surface area contributed by atoms with Crippen LogP contribution in [0.5, 0.6) is 0 Å². The summed E-state index contributed by atoms with van der Waals surface area (Å²) in [5.41, 5.74) is 0.673. The fraction of sp³-hybridized carbons (Fsp3) is 0.844. The predicted octanol–water partition coefficient (Wildman–Crippen LogP) is 2.49. The number of carbonyl (C=O) groups is 5. The number of rotatable bonds is 10. The number of alkyl halides is 3. The summed E-state index contributed by atoms with van der Waals surface area (Å²) in [5, 5.41) is 7.41. The van der Waals surface area contributed by atoms with E-state index in [1.54, 1.807) is 20.8 Å². The van der Waals surface area contributed by atoms with Gasteiger partial charge in [-0.1, -0.05) is 53.9 Å². The summed E-state index contributed by atoms with van der Waals surface area (Å²) in [6.07, 6.45) is -2.44. The quantitative estimate of drug-likeness (QED) is 0.252. The summed E-state index contributed by atoms with van der Waals surface area (Å²) in [7, 11) is -3.42. The maximum absolute atomic E-state index is 14.5. The number of nitrogens with zero attached hydrogens (tertiary/aromatic N) is 1. The van der Waals surface area contributed by atoms with Crippen LogP contribution < -0.4 is 21.7 Å². The number of nitrogens with one attached hydrogen (secondary N) is 3. The second-order valence-corrected chi connectivity index (χ2v) is 18.6. The van der Waals surface area contributed by atoms with Gasteiger partial charge in [0, 0.05) is 18.4 Å². The first-order valence-electron chi connectivity index (χ1n) is 16.8. The Morgan fingerprint density at radius 3 is 2.10 bits per heavy atom. The molecule has 3 aliphatic carbocycles. The minimum atomic E-state index is -4.66. The van der Waals surface area contributed by atoms with E-state index >= 15 is 0 Å². The third-order valence-electron chi connectivity index (χ3n) is 12.2. The molecule has 12 nitrogen and oxygen atoms in total. The zero-order chi connectivity index (χ0) is 35.9. The molecular formula is C32H48F3N5O7S. The second kappa shape index (κ2) is 11.6. The minimum absolute atomic E-state index is 0.0618. The third kappa shape index (κ3) is 5.76. The van der Waals surface area contributed by atoms with Gasteiger partial charge in [0.15, 0.2) is 9.84 Å². The Morgan fingerprint density at radius 1 is 0.979 bits per heavy atom. The van der Waals surface area contributed by atoms with Crippen molar-refractivity contribution in [2.45, 2.75) is 133 Å². The van der Waals surface area contributed by atoms with Gasteiger partial charge in [0.25, 0.3) is 5.91 Å². The molecule has 16 heteroatoms. The number of likely N-dealkylation sites (tertiary alicyclic amines) is 1. The first-order valence-corrected chi connectivity index (χ1v) is 18.5. The van der Waals surface area contributed by atoms with Gasteiger partial charge in [-0.05, 0) is 55.3 Å². The molecule has 2 heterocycles. The van der Waals surface area contributed by atoms with Crippen molar-refractivity contribution in [1.29, 1.82) is 0 Å². The van der Waals surface area contributed by atoms with Crippen LogP contribution in [0.3, 0.4) is 0 Å². The van der Waals surface area contributed by atoms with Crippen LogP contribution in [-0.2, 0) is 29.0 Å². The van der Waals surface area contributed by atoms with Crippen molar-refractivity contribution in [3.63, 3.8) is 0 Å². The van der Waals surface area contributed by atoms with E-state index in [1.807, 2.05) is 13.8 Å². The van der Waals surface area contributed by atoms with Crippen LogP contribution in [0.4, 0.5) is 18.0 Å². The number of carbonyl (C=O) groups excluding carboxylic acids is 5. The van der Waals surface area contributed by atoms with E-state index < -0.39 is 103 Å². The summed E-state index contributed by atoms with van der Waals surface area (Å²) in [4.78, 5) is 67.9. The predicted molar refractivity (Wildman–Crippen MR) is 168 cm³/mol. The molecule has 6 atom stereocenters. The standard InChI is InChI=1S/C32H48F3N5O7S/c1-27(2,3)22(38-26(45)39-29(12-7-6-8-13-29)20-10-9-15-48(20,46)47)24(43)40-16-19-28(4,5)30(19)17-31(30,40)25(44)37-18(21(41)23(36)42)11-14-32(33,34)35/h18-20,22H,6-17H2,1-5H3,(H2,36,42)(H,37,44)(H2,38,39,45)/t18?,19?,20?,22-,30?,31?/m1/s1. The fourth-order valence-electron chi connectivity index (χ4n) is 9.59. The molecule has 270 valence electrons. The van der Waals surface area contributed by atoms with Crippen LogP contribution in [0.15, 0.2) is 0 Å². The van der Waals surface area contributed by atoms with Crippen LogP contribution in [0.2, 0.25) is 0 Å². The topological polar surface area (TPSA) is 185 Å². The van der Waals surface area contributed by atoms with E-state index in [9.17, 15) is 45.6 Å². The molecule has 0 aromatic carbocycles. The van der Waals surface area contributed by atoms with Crippen LogP contribution in [0.25, 0.3) is 0 Å². The van der Waals surface area contributed by atoms with Gasteiger partial charge in [0.05, 0.1) is 22.6 Å². The summed E-state index contributed by atoms with van der Waals surface area (Å²) in [6, 6.07) is -3.70. The Balaban J connectivity index is 1.40. The molecule has 5 aliphatic rings. The number of Topliss-reactive ketones (excluding diaryl/α,β-unsaturated/α-hetero) is 1. The zero-order valence-corrected chi connectivity index (χ0v) is 29.0. The highest BCUT2D eigenvalue weighted by Gasteiger charge is 2.98. The summed E-state index contributed by atoms with van der Waals surface area (Å²) in [6.45, 7) is 9.25. The number of piperidine rings is 2. The second-order valence-electron chi connectivity index (χ2n) is 16.3. The number of urea groups is 1. The van der Waals surface area contributed by atoms with Crippen molar-refractivity contribution in [3.8, 4) is 0 Å². The van der Waals surface area contributed by atoms with Crippen LogP contribution in [0.1, 0.15) is 98.8 Å². The van der Waals surface area contributed by atoms with Gasteiger partial charge in [-0.25, -0.2) is 13.2 Å². The first-order chi connectivity index (χ1) is 22.0. The Bertz CT molecular complexity index is 1500. The Morgan fingerprint density at radius 2 is 1.60 bits per heavy atom. The molecule has 5 N–H and O–H groups in total. The molecule has 2 aliphatic heterocycles. The van der Waals surface area contributed by atoms with Crippen molar-refractivity contribution in [2.75, 3.05) is 12.3 Å². The van der Waals surface area contributed by atoms with Gasteiger partial charge in [0.1, 0.15) is 11.6 Å². The molecule has 0 aromatic heterocycles. The molecule has 0 bridgehead atoms. The normalized spacial score (nSPS) is 32.2. The lowest BCUT2D eigenvalue weighted by atomic mass is 9.78. The number of halogens is 3. The monoisotopic (exact) mass is 703 g/mol. The largest absolute Gasteiger partial charge is 0.389 e. The SMILES string of the molecule is CC(C)(C)[C@H](NC(=O)NC1(C2CCCS2(=O)=O)CCCCC1)C(=O)N1CC2C(C)(C)C23CC13C(=O)NC(CCC(F)(F)F)C(=O)C(N)=O. The summed E-state index contributed by atoms with van der Waals surface area (Å²) < 4.78 is 65.3. The molecule has 5 amide bonds. The van der Waals surface area contributed by atoms with Crippen molar-refractivity contribution < 1.29 is 45.6 Å². The molecular weight excluding hydrogens is 655 g/mol. The van der Waals surface area contributed by atoms with Crippen LogP contribution >= 0.6 is 0 Å². The van der Waals surface area contributed by atoms with Gasteiger partial charge in [-0.2, -0.15) is 13.2 Å². The molecule has 1 spiro atoms. The van der Waals surface area contributed by atoms with Gasteiger partial charge >= 0.3 is 12.2 Å². The Labute approximate surface area is 279 Å². The number of sulfone groups is 1. The van der Waals surface area contributed by atoms with Crippen LogP contribution in [0, 0.1) is 22.2 Å². The average Bonchev–Trinajstić information content (AvgIpc) is 3.64. The highest BCUT2D eigenvalue weighted by Crippen LogP contribution is 2.91. The average molecular weight is 704 g/mol. The lowest BCUT2D eigenvalue weighted by Gasteiger charge is -2.43. The smallest absolute Gasteiger partial charge is 0.363 e. The molecule has 3 saturated carbocycles. The molecule has 5 rings (SSSR count). The number of hydrogen-bond donors (Lipinski definition) is 4. The molecule has 5 fully saturated rings. The maximum atomic E-state index is 14.5. The van der Waals surface area contributed by atoms with E-state index in [0.717, 1.165) is 19.3 Å². The van der Waals surface area contributed by atoms with Crippen molar-refractivity contribution >= 4 is 39.4 Å². The Hall–Kier alpha value is -2.91. The van der Waals surface area contributed by atoms with E-state index in [1.165, 1.54) is 4.90 Å². The molecule has 48 heavy (non-hydrogen) atoms. The number of ketones is 1. The fourth-order valence-corrected chi connectivity index (χ4v) is 11.9. The number of hydrogen-bond acceptors (Lipinski definition) is 7. The first kappa shape index (κ1) is 36.4. The van der Waals surface area contributed by atoms with Gasteiger partial charge in [-0.15, -0.1) is 0 Å². The van der Waals surface area contributed by atoms with Gasteiger partial charge in [0.2, 0.25) is 17.6 Å². The third-order valence-corrected chi connectivity index (χ3v) is 14.6. The number of nitrogens with two attached hydrogens (primary N) is 1. The number of amides is 5. The zero-order valence-electron chi connectivity index (χ0n) is 28.2. The molecule has 0 aromatic rings. The van der Waals surface area contributed by atoms with Gasteiger partial charge < -0.3 is 26.6 Å². The summed E-state index contributed by atoms with van der Waals surface area (Å²) >= 11 is 0. The highest BCUT2D eigenvalue weighted by molar-refractivity contribution is 7.92. The molecule has 5 unspecified atom stereocenters. The van der Waals surface area contributed by atoms with E-state index in [4.69, 9.17) is 5.73 Å². The lowest BCUT2D eigenvalue weighted by Crippen LogP contribution is -2.66. The van der Waals surface area contributed by atoms with Crippen molar-refractivity contribution in [1.82, 2.24) is 20.9 Å². The van der Waals surface area contributed by atoms with E-state index in [-0.39, 0.29) is 24.6 Å². The molecule has 2 saturated heterocycles.